The lowest BCUT2D eigenvalue weighted by atomic mass is 10.2. The molecule has 3 nitrogen and oxygen atoms in total. The predicted octanol–water partition coefficient (Wildman–Crippen LogP) is 3.64. The highest BCUT2D eigenvalue weighted by Crippen LogP contribution is 2.45. The first-order valence-corrected chi connectivity index (χ1v) is 4.26. The van der Waals surface area contributed by atoms with Gasteiger partial charge >= 0.3 is 12.5 Å². The molecule has 1 rings (SSSR count). The lowest BCUT2D eigenvalue weighted by Crippen LogP contribution is -2.22. The van der Waals surface area contributed by atoms with Gasteiger partial charge in [-0.25, -0.2) is 13.8 Å². The Morgan fingerprint density at radius 3 is 2.00 bits per heavy atom. The zero-order valence-corrected chi connectivity index (χ0v) is 8.48. The number of aromatic hydroxyl groups is 1. The molecule has 0 aliphatic heterocycles. The van der Waals surface area contributed by atoms with Crippen LogP contribution in [0.3, 0.4) is 0 Å². The Hall–Kier alpha value is -1.81. The van der Waals surface area contributed by atoms with Gasteiger partial charge in [-0.05, 0) is 0 Å². The average Bonchev–Trinajstić information content (AvgIpc) is 2.11. The summed E-state index contributed by atoms with van der Waals surface area (Å²) in [4.78, 5) is 2.44. The number of ether oxygens (including phenoxy) is 1. The van der Waals surface area contributed by atoms with E-state index in [1.165, 1.54) is 0 Å². The van der Waals surface area contributed by atoms with Crippen molar-refractivity contribution in [3.05, 3.63) is 17.5 Å². The van der Waals surface area contributed by atoms with Crippen molar-refractivity contribution in [1.29, 1.82) is 0 Å². The molecule has 1 aromatic rings. The fourth-order valence-corrected chi connectivity index (χ4v) is 1.13. The van der Waals surface area contributed by atoms with Gasteiger partial charge in [0.2, 0.25) is 0 Å². The highest BCUT2D eigenvalue weighted by atomic mass is 19.4. The molecule has 0 aliphatic carbocycles. The molecular formula is C8H3F8NO2. The molecule has 0 aromatic carbocycles. The van der Waals surface area contributed by atoms with E-state index in [1.54, 1.807) is 0 Å². The molecular weight excluding hydrogens is 294 g/mol. The van der Waals surface area contributed by atoms with Gasteiger partial charge in [-0.3, -0.25) is 0 Å². The van der Waals surface area contributed by atoms with Gasteiger partial charge in [0, 0.05) is 0 Å². The number of hydrogen-bond donors (Lipinski definition) is 1. The molecule has 108 valence electrons. The van der Waals surface area contributed by atoms with Crippen LogP contribution in [0.2, 0.25) is 0 Å². The molecule has 0 amide bonds. The third kappa shape index (κ3) is 3.58. The maximum Gasteiger partial charge on any atom is 0.573 e. The molecule has 19 heavy (non-hydrogen) atoms. The number of hydrogen-bond acceptors (Lipinski definition) is 3. The van der Waals surface area contributed by atoms with Crippen LogP contribution in [0.25, 0.3) is 0 Å². The number of nitrogens with zero attached hydrogens (tertiary/aromatic N) is 1. The second-order valence-corrected chi connectivity index (χ2v) is 3.08. The van der Waals surface area contributed by atoms with Crippen molar-refractivity contribution < 1.29 is 45.0 Å². The molecule has 0 atom stereocenters. The quantitative estimate of drug-likeness (QED) is 0.847. The Morgan fingerprint density at radius 2 is 1.63 bits per heavy atom. The van der Waals surface area contributed by atoms with Gasteiger partial charge in [0.15, 0.2) is 11.4 Å². The lowest BCUT2D eigenvalue weighted by molar-refractivity contribution is -0.277. The van der Waals surface area contributed by atoms with Crippen LogP contribution >= 0.6 is 0 Å². The summed E-state index contributed by atoms with van der Waals surface area (Å²) in [5.41, 5.74) is -4.24. The van der Waals surface area contributed by atoms with Gasteiger partial charge in [-0.15, -0.1) is 13.2 Å². The van der Waals surface area contributed by atoms with Crippen LogP contribution in [-0.4, -0.2) is 16.5 Å². The average molecular weight is 297 g/mol. The third-order valence-corrected chi connectivity index (χ3v) is 1.76. The van der Waals surface area contributed by atoms with Gasteiger partial charge in [0.1, 0.15) is 11.3 Å². The second kappa shape index (κ2) is 4.70. The topological polar surface area (TPSA) is 42.4 Å². The SMILES string of the molecule is Oc1cnc(C(F)(F)F)c(OC(F)(F)F)c1C(F)F. The number of aromatic nitrogens is 1. The van der Waals surface area contributed by atoms with E-state index < -0.39 is 41.7 Å². The number of pyridine rings is 1. The molecule has 11 heteroatoms. The highest BCUT2D eigenvalue weighted by Gasteiger charge is 2.44. The van der Waals surface area contributed by atoms with E-state index in [2.05, 4.69) is 9.72 Å². The summed E-state index contributed by atoms with van der Waals surface area (Å²) >= 11 is 0. The minimum atomic E-state index is -5.65. The molecule has 1 aromatic heterocycles. The lowest BCUT2D eigenvalue weighted by Gasteiger charge is -2.18. The molecule has 0 saturated heterocycles. The Balaban J connectivity index is 3.54. The first kappa shape index (κ1) is 15.2. The molecule has 0 aliphatic rings. The molecule has 0 radical (unpaired) electrons. The molecule has 0 bridgehead atoms. The van der Waals surface area contributed by atoms with Crippen molar-refractivity contribution in [3.63, 3.8) is 0 Å². The van der Waals surface area contributed by atoms with Gasteiger partial charge < -0.3 is 9.84 Å². The van der Waals surface area contributed by atoms with E-state index in [0.717, 1.165) is 0 Å². The van der Waals surface area contributed by atoms with Crippen molar-refractivity contribution in [1.82, 2.24) is 4.98 Å². The van der Waals surface area contributed by atoms with Crippen LogP contribution in [-0.2, 0) is 6.18 Å². The van der Waals surface area contributed by atoms with Gasteiger partial charge in [0.05, 0.1) is 6.20 Å². The summed E-state index contributed by atoms with van der Waals surface area (Å²) in [6.45, 7) is 0. The van der Waals surface area contributed by atoms with E-state index in [0.29, 0.717) is 0 Å². The zero-order chi connectivity index (χ0) is 15.0. The molecule has 0 fully saturated rings. The molecule has 0 spiro atoms. The van der Waals surface area contributed by atoms with Crippen LogP contribution in [0.4, 0.5) is 35.1 Å². The van der Waals surface area contributed by atoms with Crippen molar-refractivity contribution >= 4 is 0 Å². The maximum atomic E-state index is 12.4. The normalized spacial score (nSPS) is 12.9. The molecule has 1 heterocycles. The Kier molecular flexibility index (Phi) is 3.77. The third-order valence-electron chi connectivity index (χ3n) is 1.76. The standard InChI is InChI=1S/C8H3F8NO2/c9-6(10)3-2(18)1-17-5(7(11,12)13)4(3)19-8(14,15)16/h1,6,18H. The van der Waals surface area contributed by atoms with Crippen molar-refractivity contribution in [3.8, 4) is 11.5 Å². The number of rotatable bonds is 2. The predicted molar refractivity (Wildman–Crippen MR) is 42.5 cm³/mol. The highest BCUT2D eigenvalue weighted by molar-refractivity contribution is 5.47. The van der Waals surface area contributed by atoms with Crippen LogP contribution in [0, 0.1) is 0 Å². The molecule has 0 unspecified atom stereocenters. The fraction of sp³-hybridized carbons (Fsp3) is 0.375. The fourth-order valence-electron chi connectivity index (χ4n) is 1.13. The maximum absolute atomic E-state index is 12.4. The van der Waals surface area contributed by atoms with E-state index in [4.69, 9.17) is 5.11 Å². The van der Waals surface area contributed by atoms with Gasteiger partial charge in [0.25, 0.3) is 6.43 Å². The monoisotopic (exact) mass is 297 g/mol. The number of alkyl halides is 8. The summed E-state index contributed by atoms with van der Waals surface area (Å²) in [7, 11) is 0. The van der Waals surface area contributed by atoms with Gasteiger partial charge in [-0.1, -0.05) is 0 Å². The van der Waals surface area contributed by atoms with E-state index in [1.807, 2.05) is 0 Å². The second-order valence-electron chi connectivity index (χ2n) is 3.08. The zero-order valence-electron chi connectivity index (χ0n) is 8.48. The largest absolute Gasteiger partial charge is 0.573 e. The summed E-state index contributed by atoms with van der Waals surface area (Å²) < 4.78 is 101. The minimum absolute atomic E-state index is 0.0342. The van der Waals surface area contributed by atoms with Crippen molar-refractivity contribution in [2.75, 3.05) is 0 Å². The minimum Gasteiger partial charge on any atom is -0.506 e. The smallest absolute Gasteiger partial charge is 0.506 e. The summed E-state index contributed by atoms with van der Waals surface area (Å²) in [6.07, 6.45) is -15.0. The van der Waals surface area contributed by atoms with E-state index >= 15 is 0 Å². The summed E-state index contributed by atoms with van der Waals surface area (Å²) in [6, 6.07) is 0. The van der Waals surface area contributed by atoms with Crippen LogP contribution in [0.1, 0.15) is 17.7 Å². The first-order valence-electron chi connectivity index (χ1n) is 4.26. The Labute approximate surface area is 99.0 Å². The first-order chi connectivity index (χ1) is 8.43. The van der Waals surface area contributed by atoms with Crippen LogP contribution in [0.15, 0.2) is 6.20 Å². The Morgan fingerprint density at radius 1 is 1.11 bits per heavy atom. The summed E-state index contributed by atoms with van der Waals surface area (Å²) in [5.74, 6) is -3.81. The summed E-state index contributed by atoms with van der Waals surface area (Å²) in [5, 5.41) is 8.89. The van der Waals surface area contributed by atoms with Crippen LogP contribution in [0.5, 0.6) is 11.5 Å². The van der Waals surface area contributed by atoms with Crippen molar-refractivity contribution in [2.24, 2.45) is 0 Å². The van der Waals surface area contributed by atoms with E-state index in [-0.39, 0.29) is 6.20 Å². The van der Waals surface area contributed by atoms with Crippen LogP contribution < -0.4 is 4.74 Å². The van der Waals surface area contributed by atoms with E-state index in [9.17, 15) is 35.1 Å². The molecule has 0 saturated carbocycles. The Bertz CT molecular complexity index is 467. The number of halogens is 8. The van der Waals surface area contributed by atoms with Crippen molar-refractivity contribution in [2.45, 2.75) is 19.0 Å². The van der Waals surface area contributed by atoms with Gasteiger partial charge in [-0.2, -0.15) is 13.2 Å². The molecule has 1 N–H and O–H groups in total.